The SMILES string of the molecule is CC1(C)O[C@@H]2[C@H](CCc3ccnc4c3CCCC4)C[C@@H](n3ccc4c(N)ncnc43)[C@@H]2O1. The zero-order valence-electron chi connectivity index (χ0n) is 18.8. The summed E-state index contributed by atoms with van der Waals surface area (Å²) in [4.78, 5) is 13.3. The van der Waals surface area contributed by atoms with Crippen LogP contribution in [0.1, 0.15) is 62.4 Å². The maximum absolute atomic E-state index is 6.45. The fraction of sp³-hybridized carbons (Fsp3) is 0.560. The third kappa shape index (κ3) is 3.30. The second kappa shape index (κ2) is 7.52. The Bertz CT molecular complexity index is 1160. The van der Waals surface area contributed by atoms with Crippen molar-refractivity contribution in [1.82, 2.24) is 19.5 Å². The van der Waals surface area contributed by atoms with Crippen LogP contribution in [0.5, 0.6) is 0 Å². The zero-order valence-corrected chi connectivity index (χ0v) is 18.8. The summed E-state index contributed by atoms with van der Waals surface area (Å²) in [5, 5.41) is 0.897. The van der Waals surface area contributed by atoms with E-state index in [1.807, 2.05) is 26.1 Å². The van der Waals surface area contributed by atoms with E-state index >= 15 is 0 Å². The minimum atomic E-state index is -0.570. The summed E-state index contributed by atoms with van der Waals surface area (Å²) >= 11 is 0. The number of nitrogen functional groups attached to an aromatic ring is 1. The summed E-state index contributed by atoms with van der Waals surface area (Å²) in [5.74, 6) is 0.376. The van der Waals surface area contributed by atoms with Crippen molar-refractivity contribution in [2.75, 3.05) is 5.73 Å². The molecule has 3 aromatic rings. The number of aryl methyl sites for hydroxylation is 2. The fourth-order valence-corrected chi connectivity index (χ4v) is 6.14. The average Bonchev–Trinajstić information content (AvgIpc) is 3.44. The van der Waals surface area contributed by atoms with Gasteiger partial charge in [-0.05, 0) is 88.0 Å². The van der Waals surface area contributed by atoms with Gasteiger partial charge in [0.2, 0.25) is 0 Å². The van der Waals surface area contributed by atoms with Crippen molar-refractivity contribution in [3.05, 3.63) is 47.7 Å². The number of fused-ring (bicyclic) bond motifs is 3. The lowest BCUT2D eigenvalue weighted by Gasteiger charge is -2.25. The monoisotopic (exact) mass is 433 g/mol. The molecule has 0 unspecified atom stereocenters. The van der Waals surface area contributed by atoms with E-state index < -0.39 is 5.79 Å². The molecule has 2 N–H and O–H groups in total. The second-order valence-electron chi connectivity index (χ2n) is 9.99. The first-order valence-electron chi connectivity index (χ1n) is 11.9. The van der Waals surface area contributed by atoms with Gasteiger partial charge in [-0.3, -0.25) is 4.98 Å². The Kier molecular flexibility index (Phi) is 4.73. The largest absolute Gasteiger partial charge is 0.383 e. The van der Waals surface area contributed by atoms with Crippen LogP contribution in [-0.4, -0.2) is 37.5 Å². The van der Waals surface area contributed by atoms with Crippen LogP contribution in [0.2, 0.25) is 0 Å². The lowest BCUT2D eigenvalue weighted by atomic mass is 9.88. The number of anilines is 1. The predicted molar refractivity (Wildman–Crippen MR) is 122 cm³/mol. The van der Waals surface area contributed by atoms with E-state index in [0.717, 1.165) is 36.7 Å². The molecule has 0 spiro atoms. The summed E-state index contributed by atoms with van der Waals surface area (Å²) in [6, 6.07) is 4.41. The van der Waals surface area contributed by atoms with Crippen LogP contribution < -0.4 is 5.73 Å². The number of aromatic nitrogens is 4. The van der Waals surface area contributed by atoms with Crippen LogP contribution in [0.25, 0.3) is 11.0 Å². The number of hydrogen-bond acceptors (Lipinski definition) is 6. The molecule has 2 fully saturated rings. The van der Waals surface area contributed by atoms with Crippen molar-refractivity contribution in [3.63, 3.8) is 0 Å². The molecule has 2 aliphatic carbocycles. The van der Waals surface area contributed by atoms with E-state index in [1.54, 1.807) is 6.33 Å². The van der Waals surface area contributed by atoms with Crippen LogP contribution >= 0.6 is 0 Å². The molecule has 0 radical (unpaired) electrons. The minimum Gasteiger partial charge on any atom is -0.383 e. The highest BCUT2D eigenvalue weighted by molar-refractivity contribution is 5.86. The molecule has 1 saturated carbocycles. The highest BCUT2D eigenvalue weighted by Gasteiger charge is 2.54. The van der Waals surface area contributed by atoms with Gasteiger partial charge in [0, 0.05) is 18.1 Å². The van der Waals surface area contributed by atoms with E-state index in [9.17, 15) is 0 Å². The molecule has 168 valence electrons. The molecule has 7 nitrogen and oxygen atoms in total. The van der Waals surface area contributed by atoms with Crippen LogP contribution in [0.15, 0.2) is 30.9 Å². The van der Waals surface area contributed by atoms with Gasteiger partial charge in [0.05, 0.1) is 17.5 Å². The van der Waals surface area contributed by atoms with Gasteiger partial charge < -0.3 is 19.8 Å². The lowest BCUT2D eigenvalue weighted by Crippen LogP contribution is -2.27. The first kappa shape index (κ1) is 20.1. The van der Waals surface area contributed by atoms with E-state index in [-0.39, 0.29) is 18.2 Å². The summed E-state index contributed by atoms with van der Waals surface area (Å²) in [6.07, 6.45) is 13.7. The van der Waals surface area contributed by atoms with Crippen molar-refractivity contribution in [2.45, 2.75) is 82.8 Å². The van der Waals surface area contributed by atoms with Crippen LogP contribution in [0.3, 0.4) is 0 Å². The molecule has 1 aliphatic heterocycles. The van der Waals surface area contributed by atoms with Crippen molar-refractivity contribution >= 4 is 16.9 Å². The van der Waals surface area contributed by atoms with Gasteiger partial charge in [-0.15, -0.1) is 0 Å². The highest BCUT2D eigenvalue weighted by Crippen LogP contribution is 2.49. The molecule has 3 aromatic heterocycles. The van der Waals surface area contributed by atoms with Crippen LogP contribution in [0.4, 0.5) is 5.82 Å². The van der Waals surface area contributed by atoms with E-state index in [1.165, 1.54) is 36.1 Å². The highest BCUT2D eigenvalue weighted by atomic mass is 16.8. The molecular formula is C25H31N5O2. The van der Waals surface area contributed by atoms with Gasteiger partial charge in [-0.25, -0.2) is 9.97 Å². The summed E-state index contributed by atoms with van der Waals surface area (Å²) < 4.78 is 15.1. The number of ether oxygens (including phenoxy) is 2. The molecule has 6 rings (SSSR count). The molecule has 0 aromatic carbocycles. The number of pyridine rings is 1. The number of hydrogen-bond donors (Lipinski definition) is 1. The number of nitrogens with two attached hydrogens (primary N) is 1. The Hall–Kier alpha value is -2.51. The minimum absolute atomic E-state index is 0.00754. The predicted octanol–water partition coefficient (Wildman–Crippen LogP) is 4.00. The Morgan fingerprint density at radius 3 is 2.84 bits per heavy atom. The van der Waals surface area contributed by atoms with Gasteiger partial charge >= 0.3 is 0 Å². The second-order valence-corrected chi connectivity index (χ2v) is 9.99. The fourth-order valence-electron chi connectivity index (χ4n) is 6.14. The van der Waals surface area contributed by atoms with E-state index in [4.69, 9.17) is 15.2 Å². The van der Waals surface area contributed by atoms with Crippen molar-refractivity contribution in [2.24, 2.45) is 5.92 Å². The van der Waals surface area contributed by atoms with Crippen molar-refractivity contribution in [1.29, 1.82) is 0 Å². The Morgan fingerprint density at radius 2 is 1.94 bits per heavy atom. The van der Waals surface area contributed by atoms with Gasteiger partial charge in [-0.2, -0.15) is 0 Å². The number of nitrogens with zero attached hydrogens (tertiary/aromatic N) is 4. The molecule has 4 heterocycles. The molecule has 32 heavy (non-hydrogen) atoms. The number of rotatable bonds is 4. The molecule has 4 atom stereocenters. The summed E-state index contributed by atoms with van der Waals surface area (Å²) in [7, 11) is 0. The van der Waals surface area contributed by atoms with Crippen molar-refractivity contribution < 1.29 is 9.47 Å². The van der Waals surface area contributed by atoms with Gasteiger partial charge in [0.1, 0.15) is 23.9 Å². The van der Waals surface area contributed by atoms with Gasteiger partial charge in [0.15, 0.2) is 5.79 Å². The summed E-state index contributed by atoms with van der Waals surface area (Å²) in [5.41, 5.74) is 11.2. The van der Waals surface area contributed by atoms with Crippen LogP contribution in [0, 0.1) is 5.92 Å². The Balaban J connectivity index is 1.28. The molecule has 3 aliphatic rings. The Morgan fingerprint density at radius 1 is 1.09 bits per heavy atom. The Labute approximate surface area is 188 Å². The normalized spacial score (nSPS) is 28.7. The first-order chi connectivity index (χ1) is 15.5. The quantitative estimate of drug-likeness (QED) is 0.669. The maximum Gasteiger partial charge on any atom is 0.163 e. The summed E-state index contributed by atoms with van der Waals surface area (Å²) in [6.45, 7) is 4.04. The molecule has 0 bridgehead atoms. The third-order valence-electron chi connectivity index (χ3n) is 7.57. The molecular weight excluding hydrogens is 402 g/mol. The van der Waals surface area contributed by atoms with E-state index in [2.05, 4.69) is 31.8 Å². The molecule has 0 amide bonds. The topological polar surface area (TPSA) is 88.1 Å². The average molecular weight is 434 g/mol. The first-order valence-corrected chi connectivity index (χ1v) is 11.9. The molecule has 7 heteroatoms. The van der Waals surface area contributed by atoms with Crippen molar-refractivity contribution in [3.8, 4) is 0 Å². The van der Waals surface area contributed by atoms with E-state index in [0.29, 0.717) is 11.7 Å². The maximum atomic E-state index is 6.45. The van der Waals surface area contributed by atoms with Crippen LogP contribution in [-0.2, 0) is 28.7 Å². The standard InChI is InChI=1S/C25H31N5O2/c1-25(2)31-21-16(8-7-15-9-11-27-19-6-4-3-5-17(15)19)13-20(22(21)32-25)30-12-10-18-23(26)28-14-29-24(18)30/h9-12,14,16,20-22H,3-8,13H2,1-2H3,(H2,26,28,29)/t16-,20-,21-,22+/m1/s1. The lowest BCUT2D eigenvalue weighted by molar-refractivity contribution is -0.160. The van der Waals surface area contributed by atoms with Gasteiger partial charge in [0.25, 0.3) is 0 Å². The van der Waals surface area contributed by atoms with Gasteiger partial charge in [-0.1, -0.05) is 0 Å². The molecule has 1 saturated heterocycles. The smallest absolute Gasteiger partial charge is 0.163 e. The third-order valence-corrected chi connectivity index (χ3v) is 7.57. The zero-order chi connectivity index (χ0) is 21.9.